The average molecular weight is 443 g/mol. The molecule has 0 aliphatic heterocycles. The van der Waals surface area contributed by atoms with Crippen LogP contribution in [0.5, 0.6) is 0 Å². The Labute approximate surface area is 182 Å². The van der Waals surface area contributed by atoms with E-state index in [9.17, 15) is 9.59 Å². The molecule has 1 saturated carbocycles. The summed E-state index contributed by atoms with van der Waals surface area (Å²) >= 11 is 2.89. The first-order chi connectivity index (χ1) is 14.7. The summed E-state index contributed by atoms with van der Waals surface area (Å²) in [6.45, 7) is 0.568. The number of hydrogen-bond donors (Lipinski definition) is 2. The summed E-state index contributed by atoms with van der Waals surface area (Å²) in [6.07, 6.45) is 4.31. The molecule has 3 aromatic rings. The number of nitrogens with one attached hydrogen (secondary N) is 2. The molecule has 30 heavy (non-hydrogen) atoms. The van der Waals surface area contributed by atoms with Crippen molar-refractivity contribution in [3.05, 3.63) is 52.2 Å². The molecular weight excluding hydrogens is 420 g/mol. The van der Waals surface area contributed by atoms with E-state index in [0.717, 1.165) is 30.6 Å². The molecule has 0 saturated heterocycles. The Kier molecular flexibility index (Phi) is 6.75. The second-order valence-corrected chi connectivity index (χ2v) is 9.01. The van der Waals surface area contributed by atoms with Gasteiger partial charge in [0.15, 0.2) is 0 Å². The first-order valence-electron chi connectivity index (χ1n) is 9.80. The summed E-state index contributed by atoms with van der Waals surface area (Å²) < 4.78 is 1.67. The third-order valence-electron chi connectivity index (χ3n) is 4.85. The molecule has 1 fully saturated rings. The molecule has 0 unspecified atom stereocenters. The molecular formula is C20H22N6O2S2. The van der Waals surface area contributed by atoms with Crippen molar-refractivity contribution in [3.8, 4) is 0 Å². The highest BCUT2D eigenvalue weighted by Gasteiger charge is 2.20. The van der Waals surface area contributed by atoms with Crippen LogP contribution in [0, 0.1) is 0 Å². The average Bonchev–Trinajstić information content (AvgIpc) is 3.51. The van der Waals surface area contributed by atoms with E-state index in [0.29, 0.717) is 23.0 Å². The van der Waals surface area contributed by atoms with Crippen LogP contribution in [0.15, 0.2) is 46.9 Å². The van der Waals surface area contributed by atoms with E-state index in [-0.39, 0.29) is 23.6 Å². The first-order valence-corrected chi connectivity index (χ1v) is 11.7. The van der Waals surface area contributed by atoms with Gasteiger partial charge in [-0.25, -0.2) is 4.68 Å². The number of rotatable bonds is 8. The number of hydrogen-bond acceptors (Lipinski definition) is 7. The minimum absolute atomic E-state index is 0.142. The second-order valence-electron chi connectivity index (χ2n) is 7.04. The largest absolute Gasteiger partial charge is 0.349 e. The predicted octanol–water partition coefficient (Wildman–Crippen LogP) is 3.19. The highest BCUT2D eigenvalue weighted by atomic mass is 32.2. The molecule has 2 amide bonds. The molecule has 8 nitrogen and oxygen atoms in total. The van der Waals surface area contributed by atoms with Crippen molar-refractivity contribution in [3.63, 3.8) is 0 Å². The molecule has 1 aliphatic carbocycles. The summed E-state index contributed by atoms with van der Waals surface area (Å²) in [4.78, 5) is 26.3. The van der Waals surface area contributed by atoms with Gasteiger partial charge in [-0.2, -0.15) is 0 Å². The lowest BCUT2D eigenvalue weighted by molar-refractivity contribution is -0.113. The van der Waals surface area contributed by atoms with Crippen molar-refractivity contribution in [1.82, 2.24) is 25.5 Å². The molecule has 4 rings (SSSR count). The van der Waals surface area contributed by atoms with Gasteiger partial charge in [0.25, 0.3) is 5.91 Å². The van der Waals surface area contributed by atoms with Crippen molar-refractivity contribution in [2.24, 2.45) is 0 Å². The van der Waals surface area contributed by atoms with Crippen LogP contribution in [0.1, 0.15) is 40.9 Å². The van der Waals surface area contributed by atoms with Gasteiger partial charge in [0.05, 0.1) is 23.5 Å². The van der Waals surface area contributed by atoms with E-state index in [1.54, 1.807) is 40.3 Å². The zero-order chi connectivity index (χ0) is 20.8. The fourth-order valence-electron chi connectivity index (χ4n) is 3.39. The Bertz CT molecular complexity index is 998. The van der Waals surface area contributed by atoms with Crippen molar-refractivity contribution in [2.75, 3.05) is 11.1 Å². The fraction of sp³-hybridized carbons (Fsp3) is 0.350. The van der Waals surface area contributed by atoms with Gasteiger partial charge in [0.1, 0.15) is 0 Å². The Morgan fingerprint density at radius 1 is 1.17 bits per heavy atom. The lowest BCUT2D eigenvalue weighted by Crippen LogP contribution is -2.33. The van der Waals surface area contributed by atoms with Crippen molar-refractivity contribution < 1.29 is 9.59 Å². The Balaban J connectivity index is 1.35. The summed E-state index contributed by atoms with van der Waals surface area (Å²) in [6, 6.07) is 11.3. The maximum absolute atomic E-state index is 12.6. The Hall–Kier alpha value is -2.72. The van der Waals surface area contributed by atoms with Crippen LogP contribution < -0.4 is 10.6 Å². The van der Waals surface area contributed by atoms with Crippen LogP contribution in [0.3, 0.4) is 0 Å². The smallest absolute Gasteiger partial charge is 0.253 e. The SMILES string of the molecule is O=C(CSc1nnnn1Cc1cccs1)Nc1ccccc1C(=O)NC1CCCC1. The summed E-state index contributed by atoms with van der Waals surface area (Å²) in [7, 11) is 0. The number of amides is 2. The summed E-state index contributed by atoms with van der Waals surface area (Å²) in [5.74, 6) is -0.222. The number of anilines is 1. The van der Waals surface area contributed by atoms with Gasteiger partial charge in [-0.1, -0.05) is 42.8 Å². The number of carbonyl (C=O) groups is 2. The number of aromatic nitrogens is 4. The number of para-hydroxylation sites is 1. The zero-order valence-electron chi connectivity index (χ0n) is 16.3. The minimum Gasteiger partial charge on any atom is -0.349 e. The fourth-order valence-corrected chi connectivity index (χ4v) is 4.75. The predicted molar refractivity (Wildman–Crippen MR) is 117 cm³/mol. The molecule has 2 aromatic heterocycles. The number of nitrogens with zero attached hydrogens (tertiary/aromatic N) is 4. The van der Waals surface area contributed by atoms with Crippen LogP contribution >= 0.6 is 23.1 Å². The minimum atomic E-state index is -0.216. The quantitative estimate of drug-likeness (QED) is 0.520. The van der Waals surface area contributed by atoms with Crippen LogP contribution in [0.25, 0.3) is 0 Å². The number of carbonyl (C=O) groups excluding carboxylic acids is 2. The summed E-state index contributed by atoms with van der Waals surface area (Å²) in [5, 5.41) is 20.2. The van der Waals surface area contributed by atoms with Crippen LogP contribution in [0.2, 0.25) is 0 Å². The number of thiophene rings is 1. The van der Waals surface area contributed by atoms with Gasteiger partial charge in [0, 0.05) is 10.9 Å². The van der Waals surface area contributed by atoms with Gasteiger partial charge in [0.2, 0.25) is 11.1 Å². The molecule has 0 spiro atoms. The number of thioether (sulfide) groups is 1. The standard InChI is InChI=1S/C20H22N6O2S2/c27-18(13-30-20-23-24-25-26(20)12-15-8-5-11-29-15)22-17-10-4-3-9-16(17)19(28)21-14-6-1-2-7-14/h3-5,8-11,14H,1-2,6-7,12-13H2,(H,21,28)(H,22,27). The number of tetrazole rings is 1. The molecule has 0 bridgehead atoms. The molecule has 1 aromatic carbocycles. The summed E-state index contributed by atoms with van der Waals surface area (Å²) in [5.41, 5.74) is 0.988. The molecule has 0 atom stereocenters. The maximum atomic E-state index is 12.6. The van der Waals surface area contributed by atoms with Gasteiger partial charge < -0.3 is 10.6 Å². The lowest BCUT2D eigenvalue weighted by atomic mass is 10.1. The molecule has 0 radical (unpaired) electrons. The van der Waals surface area contributed by atoms with Gasteiger partial charge >= 0.3 is 0 Å². The zero-order valence-corrected chi connectivity index (χ0v) is 17.9. The van der Waals surface area contributed by atoms with Crippen LogP contribution in [0.4, 0.5) is 5.69 Å². The molecule has 2 N–H and O–H groups in total. The van der Waals surface area contributed by atoms with Gasteiger partial charge in [-0.05, 0) is 46.8 Å². The topological polar surface area (TPSA) is 102 Å². The van der Waals surface area contributed by atoms with Crippen molar-refractivity contribution in [1.29, 1.82) is 0 Å². The van der Waals surface area contributed by atoms with Gasteiger partial charge in [-0.15, -0.1) is 16.4 Å². The highest BCUT2D eigenvalue weighted by molar-refractivity contribution is 7.99. The highest BCUT2D eigenvalue weighted by Crippen LogP contribution is 2.21. The second kappa shape index (κ2) is 9.86. The Morgan fingerprint density at radius 2 is 2.00 bits per heavy atom. The Morgan fingerprint density at radius 3 is 2.80 bits per heavy atom. The normalized spacial score (nSPS) is 14.0. The van der Waals surface area contributed by atoms with E-state index in [1.807, 2.05) is 17.5 Å². The van der Waals surface area contributed by atoms with E-state index >= 15 is 0 Å². The number of benzene rings is 1. The van der Waals surface area contributed by atoms with E-state index in [1.165, 1.54) is 11.8 Å². The lowest BCUT2D eigenvalue weighted by Gasteiger charge is -2.15. The maximum Gasteiger partial charge on any atom is 0.253 e. The molecule has 10 heteroatoms. The van der Waals surface area contributed by atoms with E-state index in [2.05, 4.69) is 26.2 Å². The van der Waals surface area contributed by atoms with Gasteiger partial charge in [-0.3, -0.25) is 9.59 Å². The van der Waals surface area contributed by atoms with E-state index in [4.69, 9.17) is 0 Å². The molecule has 2 heterocycles. The van der Waals surface area contributed by atoms with Crippen molar-refractivity contribution in [2.45, 2.75) is 43.4 Å². The van der Waals surface area contributed by atoms with Crippen LogP contribution in [-0.4, -0.2) is 43.8 Å². The molecule has 1 aliphatic rings. The third-order valence-corrected chi connectivity index (χ3v) is 6.67. The van der Waals surface area contributed by atoms with Crippen LogP contribution in [-0.2, 0) is 11.3 Å². The monoisotopic (exact) mass is 442 g/mol. The first kappa shape index (κ1) is 20.5. The third kappa shape index (κ3) is 5.25. The van der Waals surface area contributed by atoms with E-state index < -0.39 is 0 Å². The van der Waals surface area contributed by atoms with Crippen molar-refractivity contribution >= 4 is 40.6 Å². The molecule has 156 valence electrons.